The second kappa shape index (κ2) is 5.01. The Balaban J connectivity index is 1.88. The molecule has 21 heavy (non-hydrogen) atoms. The van der Waals surface area contributed by atoms with Crippen LogP contribution in [0.5, 0.6) is 0 Å². The lowest BCUT2D eigenvalue weighted by Crippen LogP contribution is -1.97. The molecule has 5 nitrogen and oxygen atoms in total. The summed E-state index contributed by atoms with van der Waals surface area (Å²) in [6, 6.07) is 12.1. The first kappa shape index (κ1) is 13.8. The van der Waals surface area contributed by atoms with Gasteiger partial charge in [0.1, 0.15) is 0 Å². The van der Waals surface area contributed by atoms with Crippen LogP contribution in [0.2, 0.25) is 0 Å². The van der Waals surface area contributed by atoms with E-state index in [0.717, 1.165) is 21.0 Å². The zero-order valence-corrected chi connectivity index (χ0v) is 12.8. The van der Waals surface area contributed by atoms with E-state index < -0.39 is 9.84 Å². The Kier molecular flexibility index (Phi) is 3.30. The lowest BCUT2D eigenvalue weighted by atomic mass is 10.3. The molecule has 0 radical (unpaired) electrons. The van der Waals surface area contributed by atoms with Gasteiger partial charge in [-0.05, 0) is 42.5 Å². The Morgan fingerprint density at radius 2 is 1.86 bits per heavy atom. The zero-order valence-electron chi connectivity index (χ0n) is 11.2. The second-order valence-corrected chi connectivity index (χ2v) is 7.71. The number of nitrogens with two attached hydrogens (primary N) is 1. The molecular weight excluding hydrogens is 306 g/mol. The summed E-state index contributed by atoms with van der Waals surface area (Å²) in [5.41, 5.74) is 8.11. The molecule has 0 bridgehead atoms. The van der Waals surface area contributed by atoms with Crippen molar-refractivity contribution in [1.29, 1.82) is 0 Å². The van der Waals surface area contributed by atoms with Gasteiger partial charge in [0.2, 0.25) is 0 Å². The topological polar surface area (TPSA) is 85.1 Å². The molecular formula is C14H13N3O2S2. The molecule has 0 aliphatic rings. The van der Waals surface area contributed by atoms with E-state index in [9.17, 15) is 8.42 Å². The first-order valence-corrected chi connectivity index (χ1v) is 8.86. The normalized spacial score (nSPS) is 11.7. The minimum absolute atomic E-state index is 0.296. The first-order valence-electron chi connectivity index (χ1n) is 6.15. The smallest absolute Gasteiger partial charge is 0.188 e. The van der Waals surface area contributed by atoms with E-state index in [0.29, 0.717) is 10.6 Å². The Hall–Kier alpha value is -2.12. The fourth-order valence-electron chi connectivity index (χ4n) is 1.90. The second-order valence-electron chi connectivity index (χ2n) is 4.67. The lowest BCUT2D eigenvalue weighted by Gasteiger charge is -2.03. The lowest BCUT2D eigenvalue weighted by molar-refractivity contribution is 0.602. The van der Waals surface area contributed by atoms with Crippen LogP contribution in [0.3, 0.4) is 0 Å². The van der Waals surface area contributed by atoms with Crippen molar-refractivity contribution in [3.05, 3.63) is 42.5 Å². The van der Waals surface area contributed by atoms with Crippen LogP contribution in [0.4, 0.5) is 16.5 Å². The van der Waals surface area contributed by atoms with Gasteiger partial charge in [0, 0.05) is 17.6 Å². The molecule has 0 saturated carbocycles. The fourth-order valence-corrected chi connectivity index (χ4v) is 3.47. The number of thiazole rings is 1. The average Bonchev–Trinajstić information content (AvgIpc) is 2.79. The standard InChI is InChI=1S/C14H13N3O2S2/c1-21(18,19)11-5-3-10(4-6-11)16-14-17-12-7-2-9(15)8-13(12)20-14/h2-8H,15H2,1H3,(H,16,17). The van der Waals surface area contributed by atoms with Crippen LogP contribution in [-0.4, -0.2) is 19.7 Å². The highest BCUT2D eigenvalue weighted by atomic mass is 32.2. The van der Waals surface area contributed by atoms with Gasteiger partial charge >= 0.3 is 0 Å². The first-order chi connectivity index (χ1) is 9.91. The summed E-state index contributed by atoms with van der Waals surface area (Å²) < 4.78 is 23.8. The summed E-state index contributed by atoms with van der Waals surface area (Å²) in [6.07, 6.45) is 1.19. The number of hydrogen-bond acceptors (Lipinski definition) is 6. The van der Waals surface area contributed by atoms with E-state index in [1.807, 2.05) is 18.2 Å². The number of rotatable bonds is 3. The van der Waals surface area contributed by atoms with Crippen LogP contribution in [-0.2, 0) is 9.84 Å². The number of nitrogens with one attached hydrogen (secondary N) is 1. The summed E-state index contributed by atoms with van der Waals surface area (Å²) in [7, 11) is -3.17. The SMILES string of the molecule is CS(=O)(=O)c1ccc(Nc2nc3ccc(N)cc3s2)cc1. The maximum atomic E-state index is 11.4. The molecule has 0 fully saturated rings. The van der Waals surface area contributed by atoms with Crippen molar-refractivity contribution in [2.24, 2.45) is 0 Å². The van der Waals surface area contributed by atoms with Gasteiger partial charge in [-0.2, -0.15) is 0 Å². The van der Waals surface area contributed by atoms with Crippen LogP contribution in [0, 0.1) is 0 Å². The summed E-state index contributed by atoms with van der Waals surface area (Å²) in [4.78, 5) is 4.75. The zero-order chi connectivity index (χ0) is 15.0. The number of fused-ring (bicyclic) bond motifs is 1. The number of nitrogens with zero attached hydrogens (tertiary/aromatic N) is 1. The molecule has 2 aromatic carbocycles. The average molecular weight is 319 g/mol. The molecule has 108 valence electrons. The Morgan fingerprint density at radius 1 is 1.14 bits per heavy atom. The molecule has 0 spiro atoms. The van der Waals surface area contributed by atoms with E-state index in [1.54, 1.807) is 24.3 Å². The number of aromatic nitrogens is 1. The molecule has 3 N–H and O–H groups in total. The van der Waals surface area contributed by atoms with E-state index >= 15 is 0 Å². The minimum Gasteiger partial charge on any atom is -0.399 e. The molecule has 0 unspecified atom stereocenters. The highest BCUT2D eigenvalue weighted by Gasteiger charge is 2.08. The molecule has 0 aliphatic carbocycles. The van der Waals surface area contributed by atoms with Crippen molar-refractivity contribution in [2.45, 2.75) is 4.90 Å². The van der Waals surface area contributed by atoms with Gasteiger partial charge in [-0.25, -0.2) is 13.4 Å². The van der Waals surface area contributed by atoms with Crippen LogP contribution >= 0.6 is 11.3 Å². The Labute approximate surface area is 126 Å². The Bertz CT molecular complexity index is 900. The molecule has 0 amide bonds. The minimum atomic E-state index is -3.17. The summed E-state index contributed by atoms with van der Waals surface area (Å²) >= 11 is 1.50. The van der Waals surface area contributed by atoms with Crippen LogP contribution in [0.25, 0.3) is 10.2 Å². The van der Waals surface area contributed by atoms with Crippen molar-refractivity contribution in [1.82, 2.24) is 4.98 Å². The van der Waals surface area contributed by atoms with Crippen LogP contribution < -0.4 is 11.1 Å². The molecule has 7 heteroatoms. The van der Waals surface area contributed by atoms with Gasteiger partial charge in [0.15, 0.2) is 15.0 Å². The van der Waals surface area contributed by atoms with E-state index in [1.165, 1.54) is 17.6 Å². The largest absolute Gasteiger partial charge is 0.399 e. The van der Waals surface area contributed by atoms with Crippen molar-refractivity contribution in [3.8, 4) is 0 Å². The highest BCUT2D eigenvalue weighted by molar-refractivity contribution is 7.90. The van der Waals surface area contributed by atoms with Crippen LogP contribution in [0.1, 0.15) is 0 Å². The Morgan fingerprint density at radius 3 is 2.52 bits per heavy atom. The number of hydrogen-bond donors (Lipinski definition) is 2. The number of benzene rings is 2. The van der Waals surface area contributed by atoms with Gasteiger partial charge in [-0.3, -0.25) is 0 Å². The maximum absolute atomic E-state index is 11.4. The van der Waals surface area contributed by atoms with Gasteiger partial charge in [-0.15, -0.1) is 0 Å². The number of anilines is 3. The number of nitrogen functional groups attached to an aromatic ring is 1. The maximum Gasteiger partial charge on any atom is 0.188 e. The molecule has 1 heterocycles. The molecule has 1 aromatic heterocycles. The van der Waals surface area contributed by atoms with Crippen molar-refractivity contribution in [3.63, 3.8) is 0 Å². The van der Waals surface area contributed by atoms with Crippen molar-refractivity contribution < 1.29 is 8.42 Å². The third-order valence-electron chi connectivity index (χ3n) is 2.95. The van der Waals surface area contributed by atoms with Crippen molar-refractivity contribution in [2.75, 3.05) is 17.3 Å². The van der Waals surface area contributed by atoms with Gasteiger partial charge in [0.05, 0.1) is 15.1 Å². The number of sulfone groups is 1. The van der Waals surface area contributed by atoms with Gasteiger partial charge in [0.25, 0.3) is 0 Å². The van der Waals surface area contributed by atoms with E-state index in [2.05, 4.69) is 10.3 Å². The van der Waals surface area contributed by atoms with E-state index in [4.69, 9.17) is 5.73 Å². The quantitative estimate of drug-likeness (QED) is 0.725. The highest BCUT2D eigenvalue weighted by Crippen LogP contribution is 2.29. The predicted molar refractivity (Wildman–Crippen MR) is 86.9 cm³/mol. The summed E-state index contributed by atoms with van der Waals surface area (Å²) in [5.74, 6) is 0. The fraction of sp³-hybridized carbons (Fsp3) is 0.0714. The van der Waals surface area contributed by atoms with Gasteiger partial charge in [-0.1, -0.05) is 11.3 Å². The van der Waals surface area contributed by atoms with E-state index in [-0.39, 0.29) is 0 Å². The molecule has 0 saturated heterocycles. The molecule has 0 atom stereocenters. The summed E-state index contributed by atoms with van der Waals surface area (Å²) in [6.45, 7) is 0. The third-order valence-corrected chi connectivity index (χ3v) is 5.01. The molecule has 3 rings (SSSR count). The molecule has 3 aromatic rings. The molecule has 0 aliphatic heterocycles. The van der Waals surface area contributed by atoms with Gasteiger partial charge < -0.3 is 11.1 Å². The van der Waals surface area contributed by atoms with Crippen LogP contribution in [0.15, 0.2) is 47.4 Å². The van der Waals surface area contributed by atoms with Crippen molar-refractivity contribution >= 4 is 47.9 Å². The monoisotopic (exact) mass is 319 g/mol. The summed E-state index contributed by atoms with van der Waals surface area (Å²) in [5, 5.41) is 3.90. The predicted octanol–water partition coefficient (Wildman–Crippen LogP) is 3.03. The third kappa shape index (κ3) is 2.98.